The zero-order valence-electron chi connectivity index (χ0n) is 24.3. The average molecular weight is 526 g/mol. The Balaban J connectivity index is 1.04. The molecular weight excluding hydrogens is 474 g/mol. The van der Waals surface area contributed by atoms with Crippen LogP contribution in [-0.2, 0) is 15.6 Å². The molecule has 1 aliphatic heterocycles. The van der Waals surface area contributed by atoms with Gasteiger partial charge in [-0.2, -0.15) is 0 Å². The molecule has 38 heavy (non-hydrogen) atoms. The predicted octanol–water partition coefficient (Wildman–Crippen LogP) is 4.56. The number of anilines is 1. The van der Waals surface area contributed by atoms with Crippen molar-refractivity contribution in [3.8, 4) is 0 Å². The van der Waals surface area contributed by atoms with Crippen LogP contribution in [0.1, 0.15) is 110 Å². The van der Waals surface area contributed by atoms with E-state index in [1.807, 2.05) is 0 Å². The second-order valence-corrected chi connectivity index (χ2v) is 14.1. The molecular formula is C31H51N5O2. The van der Waals surface area contributed by atoms with Crippen molar-refractivity contribution in [1.29, 1.82) is 0 Å². The van der Waals surface area contributed by atoms with Crippen LogP contribution < -0.4 is 10.2 Å². The summed E-state index contributed by atoms with van der Waals surface area (Å²) in [6.07, 6.45) is 11.5. The smallest absolute Gasteiger partial charge is 0.223 e. The van der Waals surface area contributed by atoms with E-state index < -0.39 is 0 Å². The summed E-state index contributed by atoms with van der Waals surface area (Å²) in [5.74, 6) is 3.22. The van der Waals surface area contributed by atoms with Crippen LogP contribution >= 0.6 is 0 Å². The van der Waals surface area contributed by atoms with Crippen molar-refractivity contribution in [1.82, 2.24) is 20.2 Å². The molecule has 1 saturated heterocycles. The van der Waals surface area contributed by atoms with Crippen LogP contribution in [0.15, 0.2) is 6.07 Å². The lowest BCUT2D eigenvalue weighted by molar-refractivity contribution is -0.127. The highest BCUT2D eigenvalue weighted by molar-refractivity contribution is 5.79. The van der Waals surface area contributed by atoms with Crippen LogP contribution in [0, 0.1) is 11.8 Å². The molecule has 1 amide bonds. The molecule has 5 rings (SSSR count). The first kappa shape index (κ1) is 27.8. The number of carbonyl (C=O) groups is 1. The molecule has 0 radical (unpaired) electrons. The largest absolute Gasteiger partial charge is 0.393 e. The van der Waals surface area contributed by atoms with Gasteiger partial charge in [0.25, 0.3) is 0 Å². The first-order valence-electron chi connectivity index (χ1n) is 15.4. The van der Waals surface area contributed by atoms with E-state index in [1.54, 1.807) is 0 Å². The summed E-state index contributed by atoms with van der Waals surface area (Å²) in [7, 11) is 0. The minimum atomic E-state index is -0.199. The Labute approximate surface area is 230 Å². The third-order valence-electron chi connectivity index (χ3n) is 9.81. The second-order valence-electron chi connectivity index (χ2n) is 14.1. The molecule has 7 nitrogen and oxygen atoms in total. The number of aromatic nitrogens is 2. The van der Waals surface area contributed by atoms with Gasteiger partial charge < -0.3 is 15.3 Å². The Hall–Kier alpha value is -1.73. The summed E-state index contributed by atoms with van der Waals surface area (Å²) in [5, 5.41) is 13.0. The number of carbonyl (C=O) groups excluding carboxylic acids is 1. The van der Waals surface area contributed by atoms with E-state index in [4.69, 9.17) is 9.97 Å². The Morgan fingerprint density at radius 2 is 1.66 bits per heavy atom. The third-order valence-corrected chi connectivity index (χ3v) is 9.81. The van der Waals surface area contributed by atoms with E-state index in [-0.39, 0.29) is 28.8 Å². The number of rotatable bonds is 7. The van der Waals surface area contributed by atoms with Gasteiger partial charge in [0, 0.05) is 55.0 Å². The Morgan fingerprint density at radius 1 is 1.00 bits per heavy atom. The highest BCUT2D eigenvalue weighted by Gasteiger charge is 2.42. The summed E-state index contributed by atoms with van der Waals surface area (Å²) in [6, 6.07) is 2.62. The lowest BCUT2D eigenvalue weighted by Gasteiger charge is -2.37. The molecule has 7 heteroatoms. The minimum Gasteiger partial charge on any atom is -0.393 e. The highest BCUT2D eigenvalue weighted by atomic mass is 16.3. The molecule has 0 unspecified atom stereocenters. The lowest BCUT2D eigenvalue weighted by atomic mass is 9.83. The summed E-state index contributed by atoms with van der Waals surface area (Å²) < 4.78 is 0. The first-order chi connectivity index (χ1) is 18.1. The van der Waals surface area contributed by atoms with Crippen molar-refractivity contribution in [2.45, 2.75) is 121 Å². The molecule has 4 fully saturated rings. The van der Waals surface area contributed by atoms with Crippen molar-refractivity contribution in [2.75, 3.05) is 37.6 Å². The van der Waals surface area contributed by atoms with E-state index in [9.17, 15) is 9.90 Å². The van der Waals surface area contributed by atoms with E-state index >= 15 is 0 Å². The number of nitrogens with zero attached hydrogens (tertiary/aromatic N) is 4. The summed E-state index contributed by atoms with van der Waals surface area (Å²) in [5.41, 5.74) is 1.44. The molecule has 0 atom stereocenters. The van der Waals surface area contributed by atoms with Gasteiger partial charge in [-0.1, -0.05) is 27.7 Å². The fourth-order valence-electron chi connectivity index (χ4n) is 6.50. The van der Waals surface area contributed by atoms with Gasteiger partial charge in [0.1, 0.15) is 11.6 Å². The number of amides is 1. The van der Waals surface area contributed by atoms with Gasteiger partial charge in [-0.25, -0.2) is 9.97 Å². The molecule has 3 saturated carbocycles. The van der Waals surface area contributed by atoms with E-state index in [1.165, 1.54) is 44.3 Å². The van der Waals surface area contributed by atoms with Gasteiger partial charge in [-0.3, -0.25) is 9.69 Å². The van der Waals surface area contributed by atoms with Crippen LogP contribution in [0.2, 0.25) is 0 Å². The number of aliphatic hydroxyl groups is 1. The van der Waals surface area contributed by atoms with Crippen LogP contribution in [0.25, 0.3) is 0 Å². The van der Waals surface area contributed by atoms with Crippen molar-refractivity contribution >= 4 is 11.7 Å². The predicted molar refractivity (Wildman–Crippen MR) is 152 cm³/mol. The lowest BCUT2D eigenvalue weighted by Crippen LogP contribution is -2.47. The second kappa shape index (κ2) is 11.4. The van der Waals surface area contributed by atoms with Crippen molar-refractivity contribution in [2.24, 2.45) is 11.8 Å². The molecule has 0 bridgehead atoms. The van der Waals surface area contributed by atoms with Gasteiger partial charge in [0.05, 0.1) is 11.8 Å². The SMILES string of the molecule is CC(C)(C)c1nc(N2CCN(CC[C@H]3CC[C@@H](NC(=O)[C@H]4CC[C@@H](O)CC4)CC3)CC2)cc(C2(C)CC2)n1. The van der Waals surface area contributed by atoms with E-state index in [0.717, 1.165) is 82.3 Å². The first-order valence-corrected chi connectivity index (χ1v) is 15.4. The monoisotopic (exact) mass is 525 g/mol. The Kier molecular flexibility index (Phi) is 8.35. The number of nitrogens with one attached hydrogen (secondary N) is 1. The number of hydrogen-bond donors (Lipinski definition) is 2. The van der Waals surface area contributed by atoms with Gasteiger partial charge in [-0.15, -0.1) is 0 Å². The van der Waals surface area contributed by atoms with Gasteiger partial charge in [0.15, 0.2) is 0 Å². The maximum absolute atomic E-state index is 12.6. The maximum atomic E-state index is 12.6. The molecule has 4 aliphatic rings. The summed E-state index contributed by atoms with van der Waals surface area (Å²) >= 11 is 0. The standard InChI is InChI=1S/C31H51N5O2/c1-30(2,3)29-33-26(31(4)14-15-31)21-27(34-29)36-19-17-35(18-20-36)16-13-22-5-9-24(10-6-22)32-28(38)23-7-11-25(37)12-8-23/h21-25,37H,5-20H2,1-4H3,(H,32,38)/t22-,23-,24+,25+. The molecule has 212 valence electrons. The average Bonchev–Trinajstić information content (AvgIpc) is 3.66. The van der Waals surface area contributed by atoms with Crippen LogP contribution in [0.5, 0.6) is 0 Å². The Morgan fingerprint density at radius 3 is 2.26 bits per heavy atom. The van der Waals surface area contributed by atoms with Crippen molar-refractivity contribution in [3.63, 3.8) is 0 Å². The van der Waals surface area contributed by atoms with Crippen molar-refractivity contribution < 1.29 is 9.90 Å². The maximum Gasteiger partial charge on any atom is 0.223 e. The van der Waals surface area contributed by atoms with Crippen LogP contribution in [0.4, 0.5) is 5.82 Å². The molecule has 0 spiro atoms. The minimum absolute atomic E-state index is 0.0426. The molecule has 2 N–H and O–H groups in total. The zero-order valence-corrected chi connectivity index (χ0v) is 24.3. The number of hydrogen-bond acceptors (Lipinski definition) is 6. The van der Waals surface area contributed by atoms with Crippen LogP contribution in [0.3, 0.4) is 0 Å². The normalized spacial score (nSPS) is 30.2. The molecule has 3 aliphatic carbocycles. The summed E-state index contributed by atoms with van der Waals surface area (Å²) in [6.45, 7) is 14.4. The topological polar surface area (TPSA) is 81.6 Å². The zero-order chi connectivity index (χ0) is 26.9. The Bertz CT molecular complexity index is 924. The molecule has 1 aromatic heterocycles. The summed E-state index contributed by atoms with van der Waals surface area (Å²) in [4.78, 5) is 27.8. The molecule has 1 aromatic rings. The van der Waals surface area contributed by atoms with Gasteiger partial charge in [-0.05, 0) is 83.1 Å². The fourth-order valence-corrected chi connectivity index (χ4v) is 6.50. The quantitative estimate of drug-likeness (QED) is 0.543. The van der Waals surface area contributed by atoms with Gasteiger partial charge in [0.2, 0.25) is 5.91 Å². The fraction of sp³-hybridized carbons (Fsp3) is 0.839. The van der Waals surface area contributed by atoms with Gasteiger partial charge >= 0.3 is 0 Å². The van der Waals surface area contributed by atoms with Crippen molar-refractivity contribution in [3.05, 3.63) is 17.6 Å². The third kappa shape index (κ3) is 6.88. The molecule has 2 heterocycles. The molecule has 0 aromatic carbocycles. The van der Waals surface area contributed by atoms with Crippen LogP contribution in [-0.4, -0.2) is 70.8 Å². The van der Waals surface area contributed by atoms with E-state index in [0.29, 0.717) is 6.04 Å². The number of piperazine rings is 1. The highest BCUT2D eigenvalue weighted by Crippen LogP contribution is 2.47. The van der Waals surface area contributed by atoms with E-state index in [2.05, 4.69) is 48.9 Å². The number of aliphatic hydroxyl groups excluding tert-OH is 1.